The molecule has 1 aliphatic rings. The molecule has 0 amide bonds. The summed E-state index contributed by atoms with van der Waals surface area (Å²) in [5.41, 5.74) is 9.03. The Balaban J connectivity index is 2.02. The number of phenolic OH excluding ortho intramolecular Hbond substituents is 1. The van der Waals surface area contributed by atoms with Crippen molar-refractivity contribution in [2.24, 2.45) is 5.73 Å². The van der Waals surface area contributed by atoms with Crippen molar-refractivity contribution in [1.82, 2.24) is 9.78 Å². The lowest BCUT2D eigenvalue weighted by Gasteiger charge is -2.25. The van der Waals surface area contributed by atoms with Crippen LogP contribution in [0.2, 0.25) is 0 Å². The molecule has 0 bridgehead atoms. The number of hydrogen-bond acceptors (Lipinski definition) is 5. The third-order valence-electron chi connectivity index (χ3n) is 4.60. The zero-order chi connectivity index (χ0) is 20.0. The second kappa shape index (κ2) is 7.00. The molecule has 1 atom stereocenters. The Labute approximate surface area is 178 Å². The van der Waals surface area contributed by atoms with E-state index in [1.54, 1.807) is 16.8 Å². The first-order valence-corrected chi connectivity index (χ1v) is 9.91. The van der Waals surface area contributed by atoms with Crippen molar-refractivity contribution in [2.45, 2.75) is 12.8 Å². The maximum Gasteiger partial charge on any atom is 0.229 e. The average molecular weight is 502 g/mol. The van der Waals surface area contributed by atoms with E-state index in [0.717, 1.165) is 10.2 Å². The lowest BCUT2D eigenvalue weighted by molar-refractivity contribution is 0.365. The molecule has 1 aliphatic heterocycles. The highest BCUT2D eigenvalue weighted by atomic mass is 79.9. The topological polar surface area (TPSA) is 97.1 Å². The lowest BCUT2D eigenvalue weighted by atomic mass is 9.83. The van der Waals surface area contributed by atoms with Gasteiger partial charge in [0.1, 0.15) is 17.4 Å². The van der Waals surface area contributed by atoms with Crippen LogP contribution in [-0.2, 0) is 0 Å². The predicted octanol–water partition coefficient (Wildman–Crippen LogP) is 4.63. The van der Waals surface area contributed by atoms with Gasteiger partial charge in [-0.3, -0.25) is 0 Å². The van der Waals surface area contributed by atoms with Crippen LogP contribution >= 0.6 is 31.9 Å². The van der Waals surface area contributed by atoms with Gasteiger partial charge in [-0.05, 0) is 47.1 Å². The molecular weight excluding hydrogens is 488 g/mol. The van der Waals surface area contributed by atoms with Gasteiger partial charge in [0.15, 0.2) is 0 Å². The number of nitrogens with two attached hydrogens (primary N) is 1. The molecule has 3 aromatic rings. The molecule has 0 spiro atoms. The van der Waals surface area contributed by atoms with E-state index in [1.807, 2.05) is 37.3 Å². The number of allylic oxidation sites excluding steroid dienone is 1. The minimum Gasteiger partial charge on any atom is -0.506 e. The number of benzene rings is 2. The highest BCUT2D eigenvalue weighted by molar-refractivity contribution is 9.11. The Morgan fingerprint density at radius 3 is 2.64 bits per heavy atom. The minimum atomic E-state index is -0.611. The van der Waals surface area contributed by atoms with Crippen LogP contribution in [0.3, 0.4) is 0 Å². The van der Waals surface area contributed by atoms with Crippen LogP contribution in [0.15, 0.2) is 62.9 Å². The van der Waals surface area contributed by atoms with Crippen LogP contribution in [-0.4, -0.2) is 14.9 Å². The van der Waals surface area contributed by atoms with E-state index in [9.17, 15) is 10.4 Å². The molecule has 2 aromatic carbocycles. The number of halogens is 2. The SMILES string of the molecule is Cc1nn(-c2ccccc2)c2c1C(c1cc(Br)cc(Br)c1O)C(C#N)=C(N)O2. The van der Waals surface area contributed by atoms with Crippen molar-refractivity contribution in [3.63, 3.8) is 0 Å². The van der Waals surface area contributed by atoms with Crippen LogP contribution in [0, 0.1) is 18.3 Å². The minimum absolute atomic E-state index is 0.00687. The molecule has 1 aromatic heterocycles. The van der Waals surface area contributed by atoms with Gasteiger partial charge in [0.05, 0.1) is 27.3 Å². The molecule has 0 aliphatic carbocycles. The van der Waals surface area contributed by atoms with Crippen LogP contribution in [0.1, 0.15) is 22.7 Å². The molecular formula is C20H14Br2N4O2. The average Bonchev–Trinajstić information content (AvgIpc) is 3.00. The number of rotatable bonds is 2. The van der Waals surface area contributed by atoms with E-state index in [0.29, 0.717) is 27.2 Å². The Kier molecular flexibility index (Phi) is 4.65. The molecule has 0 fully saturated rings. The fourth-order valence-electron chi connectivity index (χ4n) is 3.38. The molecule has 3 N–H and O–H groups in total. The fraction of sp³-hybridized carbons (Fsp3) is 0.100. The van der Waals surface area contributed by atoms with Gasteiger partial charge in [0.2, 0.25) is 11.8 Å². The van der Waals surface area contributed by atoms with Crippen LogP contribution in [0.25, 0.3) is 5.69 Å². The molecule has 6 nitrogen and oxygen atoms in total. The lowest BCUT2D eigenvalue weighted by Crippen LogP contribution is -2.22. The van der Waals surface area contributed by atoms with E-state index in [1.165, 1.54) is 0 Å². The predicted molar refractivity (Wildman–Crippen MR) is 111 cm³/mol. The number of phenols is 1. The number of hydrogen-bond donors (Lipinski definition) is 2. The number of nitrogens with zero attached hydrogens (tertiary/aromatic N) is 3. The molecule has 2 heterocycles. The van der Waals surface area contributed by atoms with Crippen molar-refractivity contribution < 1.29 is 9.84 Å². The molecule has 8 heteroatoms. The smallest absolute Gasteiger partial charge is 0.229 e. The van der Waals surface area contributed by atoms with E-state index in [4.69, 9.17) is 10.5 Å². The fourth-order valence-corrected chi connectivity index (χ4v) is 4.63. The summed E-state index contributed by atoms with van der Waals surface area (Å²) in [6.07, 6.45) is 0. The van der Waals surface area contributed by atoms with E-state index in [2.05, 4.69) is 43.0 Å². The number of aryl methyl sites for hydroxylation is 1. The highest BCUT2D eigenvalue weighted by Gasteiger charge is 2.37. The number of aromatic hydroxyl groups is 1. The Bertz CT molecular complexity index is 1160. The zero-order valence-corrected chi connectivity index (χ0v) is 17.8. The second-order valence-electron chi connectivity index (χ2n) is 6.30. The largest absolute Gasteiger partial charge is 0.506 e. The van der Waals surface area contributed by atoms with Crippen molar-refractivity contribution in [3.8, 4) is 23.4 Å². The Morgan fingerprint density at radius 2 is 1.96 bits per heavy atom. The molecule has 0 radical (unpaired) electrons. The summed E-state index contributed by atoms with van der Waals surface area (Å²) in [6.45, 7) is 1.84. The summed E-state index contributed by atoms with van der Waals surface area (Å²) in [4.78, 5) is 0. The maximum absolute atomic E-state index is 10.7. The normalized spacial score (nSPS) is 15.7. The molecule has 1 unspecified atom stereocenters. The van der Waals surface area contributed by atoms with Crippen molar-refractivity contribution in [1.29, 1.82) is 5.26 Å². The van der Waals surface area contributed by atoms with Gasteiger partial charge in [0.25, 0.3) is 0 Å². The quantitative estimate of drug-likeness (QED) is 0.533. The van der Waals surface area contributed by atoms with Gasteiger partial charge < -0.3 is 15.6 Å². The summed E-state index contributed by atoms with van der Waals surface area (Å²) in [5.74, 6) is -0.151. The van der Waals surface area contributed by atoms with Crippen molar-refractivity contribution >= 4 is 31.9 Å². The first-order valence-electron chi connectivity index (χ1n) is 8.32. The Morgan fingerprint density at radius 1 is 1.25 bits per heavy atom. The monoisotopic (exact) mass is 500 g/mol. The summed E-state index contributed by atoms with van der Waals surface area (Å²) in [5, 5.41) is 25.1. The first kappa shape index (κ1) is 18.6. The molecule has 140 valence electrons. The van der Waals surface area contributed by atoms with Crippen LogP contribution in [0.5, 0.6) is 11.6 Å². The molecule has 0 saturated carbocycles. The van der Waals surface area contributed by atoms with E-state index in [-0.39, 0.29) is 17.2 Å². The van der Waals surface area contributed by atoms with Gasteiger partial charge in [-0.1, -0.05) is 34.1 Å². The third-order valence-corrected chi connectivity index (χ3v) is 5.66. The van der Waals surface area contributed by atoms with Crippen molar-refractivity contribution in [2.75, 3.05) is 0 Å². The number of fused-ring (bicyclic) bond motifs is 1. The maximum atomic E-state index is 10.7. The summed E-state index contributed by atoms with van der Waals surface area (Å²) in [6, 6.07) is 15.1. The van der Waals surface area contributed by atoms with Gasteiger partial charge in [-0.25, -0.2) is 4.68 Å². The van der Waals surface area contributed by atoms with Gasteiger partial charge in [-0.2, -0.15) is 10.4 Å². The first-order chi connectivity index (χ1) is 13.4. The number of para-hydroxylation sites is 1. The van der Waals surface area contributed by atoms with Gasteiger partial charge in [-0.15, -0.1) is 0 Å². The molecule has 0 saturated heterocycles. The van der Waals surface area contributed by atoms with Gasteiger partial charge in [0, 0.05) is 10.0 Å². The third kappa shape index (κ3) is 2.87. The summed E-state index contributed by atoms with van der Waals surface area (Å²) >= 11 is 6.81. The summed E-state index contributed by atoms with van der Waals surface area (Å²) in [7, 11) is 0. The number of aromatic nitrogens is 2. The number of ether oxygens (including phenoxy) is 1. The summed E-state index contributed by atoms with van der Waals surface area (Å²) < 4.78 is 8.74. The standard InChI is InChI=1S/C20H14Br2N4O2/c1-10-16-17(13-7-11(21)8-15(22)18(13)27)14(9-23)19(24)28-20(16)26(25-10)12-5-3-2-4-6-12/h2-8,17,27H,24H2,1H3. The van der Waals surface area contributed by atoms with E-state index < -0.39 is 5.92 Å². The van der Waals surface area contributed by atoms with Crippen molar-refractivity contribution in [3.05, 3.63) is 79.7 Å². The van der Waals surface area contributed by atoms with E-state index >= 15 is 0 Å². The molecule has 4 rings (SSSR count). The molecule has 28 heavy (non-hydrogen) atoms. The Hall–Kier alpha value is -2.76. The van der Waals surface area contributed by atoms with Crippen LogP contribution in [0.4, 0.5) is 0 Å². The van der Waals surface area contributed by atoms with Gasteiger partial charge >= 0.3 is 0 Å². The second-order valence-corrected chi connectivity index (χ2v) is 8.07. The number of nitriles is 1. The zero-order valence-electron chi connectivity index (χ0n) is 14.6. The van der Waals surface area contributed by atoms with Crippen LogP contribution < -0.4 is 10.5 Å². The highest BCUT2D eigenvalue weighted by Crippen LogP contribution is 2.48.